The Kier molecular flexibility index (Phi) is 9.32. The molecule has 0 aromatic rings. The summed E-state index contributed by atoms with van der Waals surface area (Å²) in [7, 11) is 0. The van der Waals surface area contributed by atoms with Gasteiger partial charge in [0.15, 0.2) is 0 Å². The molecule has 1 aliphatic rings. The van der Waals surface area contributed by atoms with Crippen LogP contribution in [0, 0.1) is 17.8 Å². The number of carbonyl (C=O) groups is 2. The summed E-state index contributed by atoms with van der Waals surface area (Å²) < 4.78 is 0. The van der Waals surface area contributed by atoms with E-state index in [0.29, 0.717) is 11.8 Å². The highest BCUT2D eigenvalue weighted by Crippen LogP contribution is 2.33. The minimum Gasteiger partial charge on any atom is -0.393 e. The molecule has 0 aromatic heterocycles. The molecule has 0 radical (unpaired) electrons. The van der Waals surface area contributed by atoms with Crippen molar-refractivity contribution in [3.8, 4) is 0 Å². The minimum atomic E-state index is -0.709. The maximum atomic E-state index is 9.82. The Hall–Kier alpha value is -0.380. The normalized spacial score (nSPS) is 27.0. The van der Waals surface area contributed by atoms with Crippen molar-refractivity contribution in [2.45, 2.75) is 46.1 Å². The number of carbonyl (C=O) groups excluding carboxylic acids is 2. The molecule has 1 saturated carbocycles. The molecule has 0 aliphatic heterocycles. The molecule has 19 heavy (non-hydrogen) atoms. The van der Waals surface area contributed by atoms with E-state index in [4.69, 9.17) is 23.2 Å². The smallest absolute Gasteiger partial charge is 0.245 e. The van der Waals surface area contributed by atoms with Crippen LogP contribution in [0.15, 0.2) is 12.2 Å². The van der Waals surface area contributed by atoms with Gasteiger partial charge in [0, 0.05) is 12.2 Å². The van der Waals surface area contributed by atoms with Gasteiger partial charge in [-0.2, -0.15) is 0 Å². The van der Waals surface area contributed by atoms with Gasteiger partial charge in [0.2, 0.25) is 10.5 Å². The number of hydrogen-bond donors (Lipinski definition) is 1. The van der Waals surface area contributed by atoms with Crippen LogP contribution in [0.5, 0.6) is 0 Å². The molecule has 1 aliphatic carbocycles. The lowest BCUT2D eigenvalue weighted by molar-refractivity contribution is -0.109. The lowest BCUT2D eigenvalue weighted by atomic mass is 9.75. The van der Waals surface area contributed by atoms with E-state index in [1.54, 1.807) is 0 Å². The predicted molar refractivity (Wildman–Crippen MR) is 78.2 cm³/mol. The second-order valence-electron chi connectivity index (χ2n) is 5.34. The number of halogens is 2. The first-order valence-electron chi connectivity index (χ1n) is 6.49. The number of hydrogen-bond acceptors (Lipinski definition) is 3. The summed E-state index contributed by atoms with van der Waals surface area (Å²) in [5, 5.41) is 8.29. The summed E-state index contributed by atoms with van der Waals surface area (Å²) in [6.07, 6.45) is 5.29. The molecule has 0 amide bonds. The fraction of sp³-hybridized carbons (Fsp3) is 0.714. The molecule has 1 fully saturated rings. The van der Waals surface area contributed by atoms with Gasteiger partial charge < -0.3 is 5.11 Å². The van der Waals surface area contributed by atoms with Crippen molar-refractivity contribution in [2.24, 2.45) is 17.8 Å². The topological polar surface area (TPSA) is 54.4 Å². The number of aliphatic hydroxyl groups is 1. The van der Waals surface area contributed by atoms with Crippen molar-refractivity contribution in [2.75, 3.05) is 0 Å². The van der Waals surface area contributed by atoms with E-state index in [-0.39, 0.29) is 6.10 Å². The van der Waals surface area contributed by atoms with Crippen molar-refractivity contribution >= 4 is 33.7 Å². The van der Waals surface area contributed by atoms with Gasteiger partial charge in [-0.3, -0.25) is 9.59 Å². The lowest BCUT2D eigenvalue weighted by Crippen LogP contribution is -2.31. The van der Waals surface area contributed by atoms with Crippen molar-refractivity contribution in [3.05, 3.63) is 12.2 Å². The summed E-state index contributed by atoms with van der Waals surface area (Å²) in [5.41, 5.74) is 0. The first-order valence-corrected chi connectivity index (χ1v) is 7.24. The van der Waals surface area contributed by atoms with Crippen molar-refractivity contribution in [3.63, 3.8) is 0 Å². The van der Waals surface area contributed by atoms with Crippen LogP contribution < -0.4 is 0 Å². The molecule has 0 bridgehead atoms. The standard InChI is InChI=1S/C10H20O.C4H2Cl2O2/c1-7(2)9-5-4-8(3)6-10(9)11;5-3(7)1-2-4(6)8/h7-11H,4-6H2,1-3H3;1-2H/b;2-1+/t8-,9+,10-;/m1./s1. The summed E-state index contributed by atoms with van der Waals surface area (Å²) >= 11 is 9.57. The highest BCUT2D eigenvalue weighted by atomic mass is 35.5. The molecule has 1 N–H and O–H groups in total. The molecule has 3 atom stereocenters. The van der Waals surface area contributed by atoms with E-state index in [2.05, 4.69) is 20.8 Å². The maximum Gasteiger partial charge on any atom is 0.245 e. The third-order valence-electron chi connectivity index (χ3n) is 3.33. The Morgan fingerprint density at radius 3 is 1.95 bits per heavy atom. The van der Waals surface area contributed by atoms with E-state index >= 15 is 0 Å². The summed E-state index contributed by atoms with van der Waals surface area (Å²) in [4.78, 5) is 19.6. The van der Waals surface area contributed by atoms with Crippen molar-refractivity contribution in [1.82, 2.24) is 0 Å². The van der Waals surface area contributed by atoms with Gasteiger partial charge in [-0.25, -0.2) is 0 Å². The number of rotatable bonds is 3. The van der Waals surface area contributed by atoms with Crippen LogP contribution in [0.3, 0.4) is 0 Å². The molecule has 0 heterocycles. The summed E-state index contributed by atoms with van der Waals surface area (Å²) in [6, 6.07) is 0. The van der Waals surface area contributed by atoms with Gasteiger partial charge in [0.25, 0.3) is 0 Å². The average Bonchev–Trinajstić information content (AvgIpc) is 2.26. The summed E-state index contributed by atoms with van der Waals surface area (Å²) in [6.45, 7) is 6.66. The molecule has 0 aromatic carbocycles. The Bertz CT molecular complexity index is 311. The van der Waals surface area contributed by atoms with Crippen molar-refractivity contribution in [1.29, 1.82) is 0 Å². The largest absolute Gasteiger partial charge is 0.393 e. The minimum absolute atomic E-state index is 0.0289. The molecule has 0 spiro atoms. The number of allylic oxidation sites excluding steroid dienone is 2. The Morgan fingerprint density at radius 2 is 1.63 bits per heavy atom. The molecular formula is C14H22Cl2O3. The van der Waals surface area contributed by atoms with Gasteiger partial charge in [-0.05, 0) is 53.8 Å². The van der Waals surface area contributed by atoms with E-state index in [9.17, 15) is 14.7 Å². The third kappa shape index (κ3) is 9.20. The summed E-state index contributed by atoms with van der Waals surface area (Å²) in [5.74, 6) is 1.95. The fourth-order valence-electron chi connectivity index (χ4n) is 2.28. The van der Waals surface area contributed by atoms with Crippen molar-refractivity contribution < 1.29 is 14.7 Å². The van der Waals surface area contributed by atoms with Crippen LogP contribution >= 0.6 is 23.2 Å². The van der Waals surface area contributed by atoms with Gasteiger partial charge in [-0.1, -0.05) is 27.2 Å². The van der Waals surface area contributed by atoms with Gasteiger partial charge in [0.1, 0.15) is 0 Å². The molecule has 110 valence electrons. The van der Waals surface area contributed by atoms with E-state index < -0.39 is 10.5 Å². The van der Waals surface area contributed by atoms with E-state index in [0.717, 1.165) is 24.5 Å². The first-order chi connectivity index (χ1) is 8.73. The number of aliphatic hydroxyl groups excluding tert-OH is 1. The Morgan fingerprint density at radius 1 is 1.16 bits per heavy atom. The lowest BCUT2D eigenvalue weighted by Gasteiger charge is -2.33. The Labute approximate surface area is 125 Å². The van der Waals surface area contributed by atoms with Crippen LogP contribution in [-0.2, 0) is 9.59 Å². The molecular weight excluding hydrogens is 287 g/mol. The molecule has 1 rings (SSSR count). The van der Waals surface area contributed by atoms with Gasteiger partial charge in [0.05, 0.1) is 6.10 Å². The Balaban J connectivity index is 0.000000362. The quantitative estimate of drug-likeness (QED) is 0.641. The van der Waals surface area contributed by atoms with E-state index in [1.165, 1.54) is 12.8 Å². The van der Waals surface area contributed by atoms with Crippen LogP contribution in [0.1, 0.15) is 40.0 Å². The zero-order valence-electron chi connectivity index (χ0n) is 11.6. The maximum absolute atomic E-state index is 9.82. The van der Waals surface area contributed by atoms with Crippen LogP contribution in [0.4, 0.5) is 0 Å². The SMILES string of the molecule is CC(C)[C@@H]1CC[C@@H](C)C[C@H]1O.O=C(Cl)/C=C/C(=O)Cl. The monoisotopic (exact) mass is 308 g/mol. The molecule has 0 saturated heterocycles. The molecule has 3 nitrogen and oxygen atoms in total. The zero-order valence-corrected chi connectivity index (χ0v) is 13.1. The van der Waals surface area contributed by atoms with Gasteiger partial charge in [-0.15, -0.1) is 0 Å². The zero-order chi connectivity index (χ0) is 15.0. The molecule has 5 heteroatoms. The van der Waals surface area contributed by atoms with Crippen LogP contribution in [-0.4, -0.2) is 21.7 Å². The van der Waals surface area contributed by atoms with Gasteiger partial charge >= 0.3 is 0 Å². The fourth-order valence-corrected chi connectivity index (χ4v) is 2.41. The van der Waals surface area contributed by atoms with Crippen LogP contribution in [0.2, 0.25) is 0 Å². The molecule has 0 unspecified atom stereocenters. The van der Waals surface area contributed by atoms with E-state index in [1.807, 2.05) is 0 Å². The third-order valence-corrected chi connectivity index (χ3v) is 3.58. The van der Waals surface area contributed by atoms with Crippen LogP contribution in [0.25, 0.3) is 0 Å². The highest BCUT2D eigenvalue weighted by Gasteiger charge is 2.28. The second-order valence-corrected chi connectivity index (χ2v) is 6.08. The first kappa shape index (κ1) is 18.6. The predicted octanol–water partition coefficient (Wildman–Crippen LogP) is 3.51. The highest BCUT2D eigenvalue weighted by molar-refractivity contribution is 6.69. The second kappa shape index (κ2) is 9.51. The average molecular weight is 309 g/mol.